The van der Waals surface area contributed by atoms with Crippen LogP contribution >= 0.6 is 15.9 Å². The molecular weight excluding hydrogens is 339 g/mol. The highest BCUT2D eigenvalue weighted by Gasteiger charge is 2.17. The quantitative estimate of drug-likeness (QED) is 0.725. The van der Waals surface area contributed by atoms with Gasteiger partial charge in [0.05, 0.1) is 21.1 Å². The topological polar surface area (TPSA) is 47.1 Å². The van der Waals surface area contributed by atoms with Gasteiger partial charge < -0.3 is 14.5 Å². The highest BCUT2D eigenvalue weighted by molar-refractivity contribution is 9.10. The summed E-state index contributed by atoms with van der Waals surface area (Å²) >= 11 is 3.18. The van der Waals surface area contributed by atoms with Crippen LogP contribution in [0.15, 0.2) is 34.8 Å². The second-order valence-electron chi connectivity index (χ2n) is 4.70. The Kier molecular flexibility index (Phi) is 2.85. The third-order valence-corrected chi connectivity index (χ3v) is 3.96. The number of imidazole rings is 1. The number of fused-ring (bicyclic) bond motifs is 2. The minimum atomic E-state index is -0.339. The van der Waals surface area contributed by atoms with Crippen LogP contribution in [0.2, 0.25) is 0 Å². The van der Waals surface area contributed by atoms with Crippen molar-refractivity contribution in [3.63, 3.8) is 0 Å². The lowest BCUT2D eigenvalue weighted by Gasteiger charge is -2.17. The van der Waals surface area contributed by atoms with Crippen molar-refractivity contribution >= 4 is 27.0 Å². The second kappa shape index (κ2) is 4.73. The average Bonchev–Trinajstić information content (AvgIpc) is 2.90. The number of aromatic nitrogens is 2. The summed E-state index contributed by atoms with van der Waals surface area (Å²) in [6, 6.07) is 8.75. The number of halogens is 2. The van der Waals surface area contributed by atoms with Crippen LogP contribution in [-0.4, -0.2) is 23.2 Å². The van der Waals surface area contributed by atoms with E-state index in [2.05, 4.69) is 25.9 Å². The second-order valence-corrected chi connectivity index (χ2v) is 5.55. The monoisotopic (exact) mass is 348 g/mol. The van der Waals surface area contributed by atoms with Crippen molar-refractivity contribution in [1.29, 1.82) is 0 Å². The minimum absolute atomic E-state index is 0.339. The number of hydrogen-bond donors (Lipinski definition) is 1. The highest BCUT2D eigenvalue weighted by atomic mass is 79.9. The number of rotatable bonds is 1. The van der Waals surface area contributed by atoms with Gasteiger partial charge in [-0.15, -0.1) is 0 Å². The zero-order valence-corrected chi connectivity index (χ0v) is 12.4. The molecule has 2 aromatic carbocycles. The third-order valence-electron chi connectivity index (χ3n) is 3.35. The third kappa shape index (κ3) is 2.06. The van der Waals surface area contributed by atoms with Crippen molar-refractivity contribution in [2.45, 2.75) is 0 Å². The normalized spacial score (nSPS) is 13.6. The predicted octanol–water partition coefficient (Wildman–Crippen LogP) is 3.90. The minimum Gasteiger partial charge on any atom is -0.486 e. The van der Waals surface area contributed by atoms with Crippen LogP contribution in [-0.2, 0) is 0 Å². The number of nitrogens with one attached hydrogen (secondary N) is 1. The molecule has 4 rings (SSSR count). The molecule has 1 aromatic heterocycles. The molecule has 0 amide bonds. The van der Waals surface area contributed by atoms with E-state index in [1.165, 1.54) is 0 Å². The molecule has 2 heterocycles. The molecule has 0 bridgehead atoms. The summed E-state index contributed by atoms with van der Waals surface area (Å²) in [5.41, 5.74) is 1.92. The molecule has 0 radical (unpaired) electrons. The zero-order valence-electron chi connectivity index (χ0n) is 10.8. The Morgan fingerprint density at radius 2 is 1.90 bits per heavy atom. The van der Waals surface area contributed by atoms with E-state index in [1.54, 1.807) is 24.3 Å². The molecule has 0 atom stereocenters. The Labute approximate surface area is 128 Å². The van der Waals surface area contributed by atoms with E-state index in [4.69, 9.17) is 9.47 Å². The van der Waals surface area contributed by atoms with E-state index < -0.39 is 0 Å². The smallest absolute Gasteiger partial charge is 0.163 e. The van der Waals surface area contributed by atoms with Gasteiger partial charge in [0.1, 0.15) is 24.9 Å². The van der Waals surface area contributed by atoms with Crippen molar-refractivity contribution in [2.75, 3.05) is 13.2 Å². The lowest BCUT2D eigenvalue weighted by molar-refractivity contribution is 0.172. The molecular formula is C15H10BrFN2O2. The van der Waals surface area contributed by atoms with Crippen LogP contribution in [0.25, 0.3) is 22.4 Å². The standard InChI is InChI=1S/C15H10BrFN2O2/c16-9-3-1-2-8(14(9)17)15-18-10-6-12-13(7-11(10)19-15)21-5-4-20-12/h1-3,6-7H,4-5H2,(H,18,19). The molecule has 6 heteroatoms. The Bertz CT molecular complexity index is 804. The first-order valence-electron chi connectivity index (χ1n) is 6.46. The summed E-state index contributed by atoms with van der Waals surface area (Å²) in [6.45, 7) is 1.05. The van der Waals surface area contributed by atoms with E-state index >= 15 is 0 Å². The summed E-state index contributed by atoms with van der Waals surface area (Å²) in [5.74, 6) is 1.49. The molecule has 0 fully saturated rings. The first-order valence-corrected chi connectivity index (χ1v) is 7.25. The lowest BCUT2D eigenvalue weighted by atomic mass is 10.2. The fourth-order valence-electron chi connectivity index (χ4n) is 2.36. The Balaban J connectivity index is 1.89. The highest BCUT2D eigenvalue weighted by Crippen LogP contribution is 2.35. The van der Waals surface area contributed by atoms with Crippen molar-refractivity contribution in [2.24, 2.45) is 0 Å². The number of nitrogens with zero attached hydrogens (tertiary/aromatic N) is 1. The van der Waals surface area contributed by atoms with Gasteiger partial charge in [0.2, 0.25) is 0 Å². The molecule has 0 aliphatic carbocycles. The summed E-state index contributed by atoms with van der Waals surface area (Å²) in [4.78, 5) is 7.56. The van der Waals surface area contributed by atoms with Gasteiger partial charge in [0, 0.05) is 12.1 Å². The Hall–Kier alpha value is -2.08. The molecule has 1 N–H and O–H groups in total. The number of H-pyrrole nitrogens is 1. The largest absolute Gasteiger partial charge is 0.486 e. The van der Waals surface area contributed by atoms with Gasteiger partial charge in [-0.2, -0.15) is 0 Å². The Morgan fingerprint density at radius 1 is 1.14 bits per heavy atom. The predicted molar refractivity (Wildman–Crippen MR) is 80.2 cm³/mol. The first kappa shape index (κ1) is 12.6. The Morgan fingerprint density at radius 3 is 2.71 bits per heavy atom. The van der Waals surface area contributed by atoms with Crippen LogP contribution in [0.1, 0.15) is 0 Å². The van der Waals surface area contributed by atoms with Crippen molar-refractivity contribution in [3.05, 3.63) is 40.6 Å². The van der Waals surface area contributed by atoms with Crippen molar-refractivity contribution in [3.8, 4) is 22.9 Å². The van der Waals surface area contributed by atoms with Crippen LogP contribution in [0, 0.1) is 5.82 Å². The first-order chi connectivity index (χ1) is 10.2. The van der Waals surface area contributed by atoms with E-state index in [1.807, 2.05) is 6.07 Å². The van der Waals surface area contributed by atoms with E-state index in [9.17, 15) is 4.39 Å². The van der Waals surface area contributed by atoms with E-state index in [0.717, 1.165) is 5.52 Å². The maximum atomic E-state index is 14.2. The van der Waals surface area contributed by atoms with Gasteiger partial charge in [0.15, 0.2) is 11.5 Å². The van der Waals surface area contributed by atoms with Crippen molar-refractivity contribution < 1.29 is 13.9 Å². The van der Waals surface area contributed by atoms with Gasteiger partial charge in [-0.25, -0.2) is 9.37 Å². The van der Waals surface area contributed by atoms with Gasteiger partial charge in [-0.05, 0) is 28.1 Å². The van der Waals surface area contributed by atoms with Gasteiger partial charge in [-0.3, -0.25) is 0 Å². The van der Waals surface area contributed by atoms with E-state index in [-0.39, 0.29) is 5.82 Å². The SMILES string of the molecule is Fc1c(Br)cccc1-c1nc2cc3c(cc2[nH]1)OCCO3. The molecule has 3 aromatic rings. The zero-order chi connectivity index (χ0) is 14.4. The summed E-state index contributed by atoms with van der Waals surface area (Å²) in [5, 5.41) is 0. The molecule has 21 heavy (non-hydrogen) atoms. The number of aromatic amines is 1. The fraction of sp³-hybridized carbons (Fsp3) is 0.133. The van der Waals surface area contributed by atoms with Crippen molar-refractivity contribution in [1.82, 2.24) is 9.97 Å². The lowest BCUT2D eigenvalue weighted by Crippen LogP contribution is -2.15. The maximum Gasteiger partial charge on any atom is 0.163 e. The molecule has 0 spiro atoms. The van der Waals surface area contributed by atoms with Crippen LogP contribution in [0.4, 0.5) is 4.39 Å². The van der Waals surface area contributed by atoms with Crippen LogP contribution in [0.3, 0.4) is 0 Å². The summed E-state index contributed by atoms with van der Waals surface area (Å²) in [7, 11) is 0. The number of ether oxygens (including phenoxy) is 2. The molecule has 1 aliphatic rings. The van der Waals surface area contributed by atoms with Gasteiger partial charge in [-0.1, -0.05) is 6.07 Å². The fourth-order valence-corrected chi connectivity index (χ4v) is 2.73. The van der Waals surface area contributed by atoms with Gasteiger partial charge >= 0.3 is 0 Å². The van der Waals surface area contributed by atoms with E-state index in [0.29, 0.717) is 46.1 Å². The molecule has 0 unspecified atom stereocenters. The molecule has 106 valence electrons. The summed E-state index contributed by atoms with van der Waals surface area (Å²) < 4.78 is 25.6. The maximum absolute atomic E-state index is 14.2. The number of hydrogen-bond acceptors (Lipinski definition) is 3. The number of benzene rings is 2. The molecule has 0 saturated heterocycles. The van der Waals surface area contributed by atoms with Crippen LogP contribution in [0.5, 0.6) is 11.5 Å². The molecule has 0 saturated carbocycles. The molecule has 1 aliphatic heterocycles. The van der Waals surface area contributed by atoms with Crippen LogP contribution < -0.4 is 9.47 Å². The summed E-state index contributed by atoms with van der Waals surface area (Å²) in [6.07, 6.45) is 0. The van der Waals surface area contributed by atoms with Gasteiger partial charge in [0.25, 0.3) is 0 Å². The molecule has 4 nitrogen and oxygen atoms in total. The average molecular weight is 349 g/mol.